The molecular formula is C23H28FN5O2. The Morgan fingerprint density at radius 2 is 1.84 bits per heavy atom. The second-order valence-electron chi connectivity index (χ2n) is 7.32. The first-order chi connectivity index (χ1) is 15.1. The monoisotopic (exact) mass is 425 g/mol. The molecule has 1 saturated heterocycles. The van der Waals surface area contributed by atoms with Gasteiger partial charge in [-0.05, 0) is 31.0 Å². The molecule has 2 aromatic rings. The van der Waals surface area contributed by atoms with Crippen molar-refractivity contribution in [1.82, 2.24) is 10.6 Å². The van der Waals surface area contributed by atoms with Gasteiger partial charge in [-0.25, -0.2) is 4.39 Å². The maximum Gasteiger partial charge on any atom is 0.191 e. The minimum atomic E-state index is -0.344. The molecule has 3 rings (SSSR count). The van der Waals surface area contributed by atoms with Crippen molar-refractivity contribution in [2.45, 2.75) is 25.4 Å². The molecule has 2 aromatic carbocycles. The first-order valence-electron chi connectivity index (χ1n) is 10.2. The van der Waals surface area contributed by atoms with Gasteiger partial charge >= 0.3 is 0 Å². The highest BCUT2D eigenvalue weighted by Crippen LogP contribution is 2.30. The Hall–Kier alpha value is -3.47. The van der Waals surface area contributed by atoms with Gasteiger partial charge in [0.2, 0.25) is 0 Å². The molecule has 1 aliphatic rings. The summed E-state index contributed by atoms with van der Waals surface area (Å²) in [5, 5.41) is 15.6. The molecule has 7 nitrogen and oxygen atoms in total. The Bertz CT molecular complexity index is 943. The molecule has 1 fully saturated rings. The van der Waals surface area contributed by atoms with E-state index in [1.807, 2.05) is 24.3 Å². The fourth-order valence-corrected chi connectivity index (χ4v) is 3.60. The van der Waals surface area contributed by atoms with Crippen molar-refractivity contribution in [3.63, 3.8) is 0 Å². The fourth-order valence-electron chi connectivity index (χ4n) is 3.60. The number of piperidine rings is 1. The van der Waals surface area contributed by atoms with Gasteiger partial charge in [0.15, 0.2) is 5.96 Å². The summed E-state index contributed by atoms with van der Waals surface area (Å²) in [5.41, 5.74) is 1.94. The molecule has 0 spiro atoms. The lowest BCUT2D eigenvalue weighted by molar-refractivity contribution is 0.393. The molecule has 0 unspecified atom stereocenters. The Balaban J connectivity index is 1.55. The number of rotatable bonds is 6. The minimum absolute atomic E-state index is 0.253. The van der Waals surface area contributed by atoms with E-state index in [1.54, 1.807) is 27.3 Å². The van der Waals surface area contributed by atoms with Crippen LogP contribution in [0.5, 0.6) is 11.5 Å². The van der Waals surface area contributed by atoms with E-state index in [0.717, 1.165) is 43.1 Å². The third-order valence-electron chi connectivity index (χ3n) is 5.38. The summed E-state index contributed by atoms with van der Waals surface area (Å²) in [6, 6.07) is 12.5. The molecule has 0 saturated carbocycles. The number of benzene rings is 2. The van der Waals surface area contributed by atoms with Gasteiger partial charge in [0.1, 0.15) is 17.3 Å². The largest absolute Gasteiger partial charge is 0.497 e. The van der Waals surface area contributed by atoms with Crippen LogP contribution in [-0.2, 0) is 6.54 Å². The minimum Gasteiger partial charge on any atom is -0.497 e. The third-order valence-corrected chi connectivity index (χ3v) is 5.38. The number of anilines is 1. The predicted molar refractivity (Wildman–Crippen MR) is 119 cm³/mol. The van der Waals surface area contributed by atoms with E-state index in [0.29, 0.717) is 17.1 Å². The lowest BCUT2D eigenvalue weighted by atomic mass is 10.0. The van der Waals surface area contributed by atoms with E-state index in [-0.39, 0.29) is 18.4 Å². The Labute approximate surface area is 182 Å². The topological polar surface area (TPSA) is 81.9 Å². The first kappa shape index (κ1) is 22.2. The maximum absolute atomic E-state index is 14.0. The zero-order chi connectivity index (χ0) is 22.2. The quantitative estimate of drug-likeness (QED) is 0.547. The van der Waals surface area contributed by atoms with Gasteiger partial charge in [-0.2, -0.15) is 5.26 Å². The first-order valence-corrected chi connectivity index (χ1v) is 10.2. The molecule has 2 N–H and O–H groups in total. The zero-order valence-corrected chi connectivity index (χ0v) is 18.1. The van der Waals surface area contributed by atoms with E-state index in [1.165, 1.54) is 12.1 Å². The summed E-state index contributed by atoms with van der Waals surface area (Å²) in [7, 11) is 4.99. The van der Waals surface area contributed by atoms with Gasteiger partial charge in [0.25, 0.3) is 0 Å². The van der Waals surface area contributed by atoms with E-state index in [9.17, 15) is 4.39 Å². The SMILES string of the molecule is CN=C(NCc1cc(C#N)ccc1F)NC1CCN(c2cc(OC)cc(OC)c2)CC1. The molecular weight excluding hydrogens is 397 g/mol. The molecule has 0 aliphatic carbocycles. The summed E-state index contributed by atoms with van der Waals surface area (Å²) in [4.78, 5) is 6.56. The van der Waals surface area contributed by atoms with E-state index in [2.05, 4.69) is 20.5 Å². The molecule has 0 atom stereocenters. The Kier molecular flexibility index (Phi) is 7.55. The summed E-state index contributed by atoms with van der Waals surface area (Å²) in [6.45, 7) is 2.01. The summed E-state index contributed by atoms with van der Waals surface area (Å²) >= 11 is 0. The van der Waals surface area contributed by atoms with Crippen molar-refractivity contribution < 1.29 is 13.9 Å². The normalized spacial score (nSPS) is 14.7. The third kappa shape index (κ3) is 5.79. The van der Waals surface area contributed by atoms with Gasteiger partial charge in [-0.3, -0.25) is 4.99 Å². The Morgan fingerprint density at radius 1 is 1.16 bits per heavy atom. The number of nitriles is 1. The molecule has 31 heavy (non-hydrogen) atoms. The highest BCUT2D eigenvalue weighted by Gasteiger charge is 2.21. The number of hydrogen-bond acceptors (Lipinski definition) is 5. The standard InChI is InChI=1S/C23H28FN5O2/c1-26-23(27-15-17-10-16(14-25)4-5-22(17)24)28-18-6-8-29(9-7-18)19-11-20(30-2)13-21(12-19)31-3/h4-5,10-13,18H,6-9,15H2,1-3H3,(H2,26,27,28). The number of ether oxygens (including phenoxy) is 2. The Morgan fingerprint density at radius 3 is 2.42 bits per heavy atom. The fraction of sp³-hybridized carbons (Fsp3) is 0.391. The van der Waals surface area contributed by atoms with Crippen molar-refractivity contribution >= 4 is 11.6 Å². The molecule has 0 bridgehead atoms. The zero-order valence-electron chi connectivity index (χ0n) is 18.1. The average molecular weight is 426 g/mol. The van der Waals surface area contributed by atoms with Crippen LogP contribution in [0.3, 0.4) is 0 Å². The molecule has 1 heterocycles. The average Bonchev–Trinajstić information content (AvgIpc) is 2.82. The maximum atomic E-state index is 14.0. The number of halogens is 1. The number of nitrogens with one attached hydrogen (secondary N) is 2. The summed E-state index contributed by atoms with van der Waals surface area (Å²) in [6.07, 6.45) is 1.86. The lowest BCUT2D eigenvalue weighted by Gasteiger charge is -2.34. The molecule has 8 heteroatoms. The number of methoxy groups -OCH3 is 2. The van der Waals surface area contributed by atoms with Crippen LogP contribution in [0.1, 0.15) is 24.0 Å². The van der Waals surface area contributed by atoms with Crippen molar-refractivity contribution in [1.29, 1.82) is 5.26 Å². The summed E-state index contributed by atoms with van der Waals surface area (Å²) in [5.74, 6) is 1.81. The van der Waals surface area contributed by atoms with E-state index >= 15 is 0 Å². The smallest absolute Gasteiger partial charge is 0.191 e. The number of guanidine groups is 1. The van der Waals surface area contributed by atoms with Crippen LogP contribution >= 0.6 is 0 Å². The van der Waals surface area contributed by atoms with Gasteiger partial charge in [-0.1, -0.05) is 0 Å². The molecule has 164 valence electrons. The van der Waals surface area contributed by atoms with Gasteiger partial charge in [-0.15, -0.1) is 0 Å². The van der Waals surface area contributed by atoms with Crippen LogP contribution in [0.4, 0.5) is 10.1 Å². The second-order valence-corrected chi connectivity index (χ2v) is 7.32. The van der Waals surface area contributed by atoms with Crippen molar-refractivity contribution in [2.24, 2.45) is 4.99 Å². The second kappa shape index (κ2) is 10.5. The molecule has 1 aliphatic heterocycles. The van der Waals surface area contributed by atoms with Crippen molar-refractivity contribution in [3.05, 3.63) is 53.3 Å². The van der Waals surface area contributed by atoms with Crippen LogP contribution in [0.25, 0.3) is 0 Å². The highest BCUT2D eigenvalue weighted by molar-refractivity contribution is 5.80. The van der Waals surface area contributed by atoms with Crippen molar-refractivity contribution in [2.75, 3.05) is 39.3 Å². The summed E-state index contributed by atoms with van der Waals surface area (Å²) < 4.78 is 24.7. The number of hydrogen-bond donors (Lipinski definition) is 2. The van der Waals surface area contributed by atoms with Crippen LogP contribution in [0.15, 0.2) is 41.4 Å². The van der Waals surface area contributed by atoms with Crippen molar-refractivity contribution in [3.8, 4) is 17.6 Å². The van der Waals surface area contributed by atoms with Gasteiger partial charge in [0, 0.05) is 62.2 Å². The molecule has 0 aromatic heterocycles. The van der Waals surface area contributed by atoms with Crippen LogP contribution in [-0.4, -0.2) is 46.4 Å². The van der Waals surface area contributed by atoms with Gasteiger partial charge in [0.05, 0.1) is 25.9 Å². The van der Waals surface area contributed by atoms with Crippen LogP contribution in [0.2, 0.25) is 0 Å². The highest BCUT2D eigenvalue weighted by atomic mass is 19.1. The molecule has 0 radical (unpaired) electrons. The predicted octanol–water partition coefficient (Wildman–Crippen LogP) is 3.05. The van der Waals surface area contributed by atoms with Gasteiger partial charge < -0.3 is 25.0 Å². The van der Waals surface area contributed by atoms with E-state index < -0.39 is 0 Å². The van der Waals surface area contributed by atoms with Crippen LogP contribution in [0, 0.1) is 17.1 Å². The number of nitrogens with zero attached hydrogens (tertiary/aromatic N) is 3. The number of aliphatic imine (C=N–C) groups is 1. The van der Waals surface area contributed by atoms with Crippen LogP contribution < -0.4 is 25.0 Å². The van der Waals surface area contributed by atoms with E-state index in [4.69, 9.17) is 14.7 Å². The molecule has 0 amide bonds. The lowest BCUT2D eigenvalue weighted by Crippen LogP contribution is -2.48.